The third-order valence-corrected chi connectivity index (χ3v) is 2.36. The van der Waals surface area contributed by atoms with E-state index in [1.807, 2.05) is 0 Å². The molecule has 0 bridgehead atoms. The van der Waals surface area contributed by atoms with E-state index in [1.54, 1.807) is 24.3 Å². The largest absolute Gasteiger partial charge is 0.489 e. The normalized spacial score (nSPS) is 10.0. The van der Waals surface area contributed by atoms with Crippen molar-refractivity contribution in [3.05, 3.63) is 35.6 Å². The van der Waals surface area contributed by atoms with Crippen LogP contribution in [0.4, 0.5) is 5.82 Å². The Bertz CT molecular complexity index is 534. The van der Waals surface area contributed by atoms with Crippen LogP contribution in [0.3, 0.4) is 0 Å². The average Bonchev–Trinajstić information content (AvgIpc) is 2.32. The van der Waals surface area contributed by atoms with E-state index in [0.717, 1.165) is 0 Å². The van der Waals surface area contributed by atoms with Gasteiger partial charge in [-0.3, -0.25) is 0 Å². The van der Waals surface area contributed by atoms with Crippen LogP contribution in [0, 0.1) is 0 Å². The molecule has 5 nitrogen and oxygen atoms in total. The summed E-state index contributed by atoms with van der Waals surface area (Å²) >= 11 is 5.97. The maximum absolute atomic E-state index is 5.97. The first-order valence-corrected chi connectivity index (χ1v) is 5.17. The fraction of sp³-hybridized carbons (Fsp3) is 0.0909. The Labute approximate surface area is 103 Å². The lowest BCUT2D eigenvalue weighted by molar-refractivity contribution is 0.369. The first kappa shape index (κ1) is 11.5. The number of anilines is 1. The van der Waals surface area contributed by atoms with Crippen molar-refractivity contribution in [2.45, 2.75) is 0 Å². The van der Waals surface area contributed by atoms with Crippen molar-refractivity contribution in [1.82, 2.24) is 9.97 Å². The molecule has 0 aliphatic carbocycles. The molecule has 0 unspecified atom stereocenters. The Hall–Kier alpha value is -2.01. The van der Waals surface area contributed by atoms with Gasteiger partial charge in [-0.05, 0) is 12.1 Å². The van der Waals surface area contributed by atoms with E-state index in [4.69, 9.17) is 26.8 Å². The van der Waals surface area contributed by atoms with E-state index in [1.165, 1.54) is 13.4 Å². The zero-order valence-corrected chi connectivity index (χ0v) is 9.81. The number of hydrogen-bond acceptors (Lipinski definition) is 5. The quantitative estimate of drug-likeness (QED) is 0.908. The van der Waals surface area contributed by atoms with Crippen LogP contribution in [0.1, 0.15) is 0 Å². The van der Waals surface area contributed by atoms with Gasteiger partial charge in [0.15, 0.2) is 5.82 Å². The molecule has 17 heavy (non-hydrogen) atoms. The van der Waals surface area contributed by atoms with Crippen LogP contribution in [0.15, 0.2) is 30.6 Å². The van der Waals surface area contributed by atoms with Crippen LogP contribution in [-0.4, -0.2) is 17.1 Å². The number of rotatable bonds is 3. The van der Waals surface area contributed by atoms with Gasteiger partial charge in [-0.2, -0.15) is 4.98 Å². The van der Waals surface area contributed by atoms with Gasteiger partial charge in [-0.25, -0.2) is 4.98 Å². The molecule has 1 aromatic heterocycles. The van der Waals surface area contributed by atoms with E-state index >= 15 is 0 Å². The fourth-order valence-corrected chi connectivity index (χ4v) is 1.44. The molecule has 0 aliphatic rings. The van der Waals surface area contributed by atoms with Crippen LogP contribution in [0.5, 0.6) is 17.4 Å². The van der Waals surface area contributed by atoms with Gasteiger partial charge in [0.05, 0.1) is 12.1 Å². The first-order valence-electron chi connectivity index (χ1n) is 4.79. The Balaban J connectivity index is 2.37. The van der Waals surface area contributed by atoms with Crippen molar-refractivity contribution in [1.29, 1.82) is 0 Å². The third kappa shape index (κ3) is 2.39. The van der Waals surface area contributed by atoms with Crippen LogP contribution < -0.4 is 15.2 Å². The average molecular weight is 252 g/mol. The van der Waals surface area contributed by atoms with Crippen LogP contribution in [0.25, 0.3) is 0 Å². The highest BCUT2D eigenvalue weighted by molar-refractivity contribution is 6.32. The number of nitrogen functional groups attached to an aromatic ring is 1. The number of benzene rings is 1. The summed E-state index contributed by atoms with van der Waals surface area (Å²) in [5.41, 5.74) is 5.63. The van der Waals surface area contributed by atoms with Crippen LogP contribution in [0.2, 0.25) is 5.02 Å². The van der Waals surface area contributed by atoms with Gasteiger partial charge < -0.3 is 15.2 Å². The summed E-state index contributed by atoms with van der Waals surface area (Å²) in [6.07, 6.45) is 1.30. The predicted octanol–water partition coefficient (Wildman–Crippen LogP) is 2.51. The van der Waals surface area contributed by atoms with Crippen molar-refractivity contribution in [3.8, 4) is 17.4 Å². The molecule has 88 valence electrons. The molecule has 0 radical (unpaired) electrons. The lowest BCUT2D eigenvalue weighted by Gasteiger charge is -2.10. The molecule has 0 fully saturated rings. The van der Waals surface area contributed by atoms with Crippen molar-refractivity contribution in [2.24, 2.45) is 0 Å². The molecule has 0 spiro atoms. The highest BCUT2D eigenvalue weighted by Crippen LogP contribution is 2.35. The van der Waals surface area contributed by atoms with Gasteiger partial charge >= 0.3 is 0 Å². The lowest BCUT2D eigenvalue weighted by atomic mass is 10.3. The van der Waals surface area contributed by atoms with Gasteiger partial charge in [-0.1, -0.05) is 23.7 Å². The van der Waals surface area contributed by atoms with E-state index in [9.17, 15) is 0 Å². The summed E-state index contributed by atoms with van der Waals surface area (Å²) in [5.74, 6) is 1.20. The Morgan fingerprint density at radius 2 is 2.00 bits per heavy atom. The number of nitrogens with zero attached hydrogens (tertiary/aromatic N) is 2. The minimum absolute atomic E-state index is 0.213. The van der Waals surface area contributed by atoms with E-state index in [2.05, 4.69) is 9.97 Å². The zero-order valence-electron chi connectivity index (χ0n) is 9.05. The number of methoxy groups -OCH3 is 1. The smallest absolute Gasteiger partial charge is 0.268 e. The topological polar surface area (TPSA) is 70.3 Å². The van der Waals surface area contributed by atoms with Crippen LogP contribution in [-0.2, 0) is 0 Å². The molecule has 2 N–H and O–H groups in total. The van der Waals surface area contributed by atoms with Crippen LogP contribution >= 0.6 is 11.6 Å². The molecule has 0 saturated heterocycles. The summed E-state index contributed by atoms with van der Waals surface area (Å²) in [6, 6.07) is 7.05. The minimum Gasteiger partial charge on any atom is -0.489 e. The Morgan fingerprint density at radius 1 is 1.24 bits per heavy atom. The summed E-state index contributed by atoms with van der Waals surface area (Å²) in [7, 11) is 1.47. The maximum Gasteiger partial charge on any atom is 0.268 e. The molecular weight excluding hydrogens is 242 g/mol. The van der Waals surface area contributed by atoms with Crippen molar-refractivity contribution < 1.29 is 9.47 Å². The third-order valence-electron chi connectivity index (χ3n) is 2.05. The second-order valence-corrected chi connectivity index (χ2v) is 3.54. The molecule has 1 heterocycles. The standard InChI is InChI=1S/C11H10ClN3O2/c1-16-9-10(13)14-6-15-11(9)17-8-5-3-2-4-7(8)12/h2-6H,1H3,(H2,13,14,15). The second-order valence-electron chi connectivity index (χ2n) is 3.13. The Kier molecular flexibility index (Phi) is 3.30. The molecule has 0 atom stereocenters. The molecule has 0 aliphatic heterocycles. The van der Waals surface area contributed by atoms with E-state index in [0.29, 0.717) is 10.8 Å². The molecule has 1 aromatic carbocycles. The minimum atomic E-state index is 0.213. The SMILES string of the molecule is COc1c(N)ncnc1Oc1ccccc1Cl. The zero-order chi connectivity index (χ0) is 12.3. The molecule has 2 aromatic rings. The second kappa shape index (κ2) is 4.88. The highest BCUT2D eigenvalue weighted by Gasteiger charge is 2.12. The summed E-state index contributed by atoms with van der Waals surface area (Å²) in [5, 5.41) is 0.478. The molecular formula is C11H10ClN3O2. The monoisotopic (exact) mass is 251 g/mol. The molecule has 0 amide bonds. The van der Waals surface area contributed by atoms with Gasteiger partial charge in [0.1, 0.15) is 12.1 Å². The number of ether oxygens (including phenoxy) is 2. The predicted molar refractivity (Wildman–Crippen MR) is 64.5 cm³/mol. The first-order chi connectivity index (χ1) is 8.22. The lowest BCUT2D eigenvalue weighted by Crippen LogP contribution is -2.00. The number of nitrogens with two attached hydrogens (primary N) is 1. The van der Waals surface area contributed by atoms with E-state index in [-0.39, 0.29) is 17.4 Å². The molecule has 6 heteroatoms. The molecule has 2 rings (SSSR count). The summed E-state index contributed by atoms with van der Waals surface area (Å²) < 4.78 is 10.6. The maximum atomic E-state index is 5.97. The molecule has 0 saturated carbocycles. The van der Waals surface area contributed by atoms with Gasteiger partial charge in [0.25, 0.3) is 5.88 Å². The highest BCUT2D eigenvalue weighted by atomic mass is 35.5. The number of para-hydroxylation sites is 1. The summed E-state index contributed by atoms with van der Waals surface area (Å²) in [4.78, 5) is 7.75. The fourth-order valence-electron chi connectivity index (χ4n) is 1.27. The number of halogens is 1. The number of hydrogen-bond donors (Lipinski definition) is 1. The van der Waals surface area contributed by atoms with Gasteiger partial charge in [0.2, 0.25) is 5.75 Å². The van der Waals surface area contributed by atoms with Crippen molar-refractivity contribution in [3.63, 3.8) is 0 Å². The van der Waals surface area contributed by atoms with Gasteiger partial charge in [-0.15, -0.1) is 0 Å². The van der Waals surface area contributed by atoms with Gasteiger partial charge in [0, 0.05) is 0 Å². The van der Waals surface area contributed by atoms with Crippen molar-refractivity contribution in [2.75, 3.05) is 12.8 Å². The Morgan fingerprint density at radius 3 is 2.71 bits per heavy atom. The van der Waals surface area contributed by atoms with Crippen molar-refractivity contribution >= 4 is 17.4 Å². The van der Waals surface area contributed by atoms with E-state index < -0.39 is 0 Å². The number of aromatic nitrogens is 2. The summed E-state index contributed by atoms with van der Waals surface area (Å²) in [6.45, 7) is 0.